The van der Waals surface area contributed by atoms with Crippen molar-refractivity contribution in [3.63, 3.8) is 0 Å². The van der Waals surface area contributed by atoms with Crippen LogP contribution < -0.4 is 11.1 Å². The zero-order chi connectivity index (χ0) is 14.7. The summed E-state index contributed by atoms with van der Waals surface area (Å²) in [7, 11) is 0. The van der Waals surface area contributed by atoms with Crippen LogP contribution in [0.3, 0.4) is 0 Å². The number of hydrogen-bond donors (Lipinski definition) is 3. The quantitative estimate of drug-likeness (QED) is 0.756. The number of hydrogen-bond acceptors (Lipinski definition) is 3. The third-order valence-electron chi connectivity index (χ3n) is 2.80. The third kappa shape index (κ3) is 3.00. The van der Waals surface area contributed by atoms with Crippen molar-refractivity contribution in [2.75, 3.05) is 11.1 Å². The summed E-state index contributed by atoms with van der Waals surface area (Å²) in [5.41, 5.74) is 6.04. The Balaban J connectivity index is 2.24. The maximum absolute atomic E-state index is 13.7. The van der Waals surface area contributed by atoms with Crippen LogP contribution in [0.25, 0.3) is 0 Å². The highest BCUT2D eigenvalue weighted by Gasteiger charge is 2.13. The fourth-order valence-corrected chi connectivity index (χ4v) is 1.94. The molecular weight excluding hydrogens is 283 g/mol. The minimum atomic E-state index is -1.21. The molecule has 2 aromatic carbocycles. The van der Waals surface area contributed by atoms with Crippen LogP contribution in [0.5, 0.6) is 0 Å². The van der Waals surface area contributed by atoms with Gasteiger partial charge in [-0.25, -0.2) is 9.18 Å². The number of carboxylic acids is 1. The van der Waals surface area contributed by atoms with E-state index in [1.807, 2.05) is 6.07 Å². The molecule has 2 rings (SSSR count). The van der Waals surface area contributed by atoms with Crippen molar-refractivity contribution >= 4 is 28.9 Å². The van der Waals surface area contributed by atoms with Crippen molar-refractivity contribution in [1.82, 2.24) is 0 Å². The van der Waals surface area contributed by atoms with Gasteiger partial charge in [-0.1, -0.05) is 29.8 Å². The molecule has 0 aromatic heterocycles. The molecule has 104 valence electrons. The number of anilines is 2. The van der Waals surface area contributed by atoms with E-state index < -0.39 is 11.8 Å². The van der Waals surface area contributed by atoms with Crippen LogP contribution in [-0.2, 0) is 6.54 Å². The van der Waals surface area contributed by atoms with Crippen LogP contribution in [0, 0.1) is 5.82 Å². The van der Waals surface area contributed by atoms with Gasteiger partial charge in [-0.2, -0.15) is 0 Å². The summed E-state index contributed by atoms with van der Waals surface area (Å²) in [5.74, 6) is -1.82. The highest BCUT2D eigenvalue weighted by atomic mass is 35.5. The smallest absolute Gasteiger partial charge is 0.337 e. The Hall–Kier alpha value is -2.27. The highest BCUT2D eigenvalue weighted by Crippen LogP contribution is 2.24. The average molecular weight is 295 g/mol. The summed E-state index contributed by atoms with van der Waals surface area (Å²) >= 11 is 5.99. The van der Waals surface area contributed by atoms with Gasteiger partial charge in [-0.3, -0.25) is 0 Å². The largest absolute Gasteiger partial charge is 0.478 e. The molecule has 2 aromatic rings. The SMILES string of the molecule is Nc1cc(F)c(NCc2ccccc2Cl)cc1C(=O)O. The summed E-state index contributed by atoms with van der Waals surface area (Å²) < 4.78 is 13.7. The lowest BCUT2D eigenvalue weighted by Gasteiger charge is -2.11. The number of aromatic carboxylic acids is 1. The summed E-state index contributed by atoms with van der Waals surface area (Å²) in [6, 6.07) is 9.27. The number of nitrogen functional groups attached to an aromatic ring is 1. The van der Waals surface area contributed by atoms with Crippen LogP contribution in [-0.4, -0.2) is 11.1 Å². The zero-order valence-corrected chi connectivity index (χ0v) is 11.1. The van der Waals surface area contributed by atoms with E-state index >= 15 is 0 Å². The molecule has 0 saturated carbocycles. The van der Waals surface area contributed by atoms with Gasteiger partial charge in [0.1, 0.15) is 5.82 Å². The van der Waals surface area contributed by atoms with Gasteiger partial charge in [-0.05, 0) is 23.8 Å². The Morgan fingerprint density at radius 1 is 1.35 bits per heavy atom. The molecule has 0 radical (unpaired) electrons. The molecule has 4 nitrogen and oxygen atoms in total. The molecule has 4 N–H and O–H groups in total. The Kier molecular flexibility index (Phi) is 4.10. The fraction of sp³-hybridized carbons (Fsp3) is 0.0714. The van der Waals surface area contributed by atoms with E-state index in [0.717, 1.165) is 11.6 Å². The van der Waals surface area contributed by atoms with Crippen LogP contribution in [0.15, 0.2) is 36.4 Å². The van der Waals surface area contributed by atoms with Gasteiger partial charge in [0.05, 0.1) is 11.3 Å². The number of nitrogens with two attached hydrogens (primary N) is 1. The summed E-state index contributed by atoms with van der Waals surface area (Å²) in [6.07, 6.45) is 0. The van der Waals surface area contributed by atoms with E-state index in [1.54, 1.807) is 18.2 Å². The van der Waals surface area contributed by atoms with E-state index in [4.69, 9.17) is 22.4 Å². The zero-order valence-electron chi connectivity index (χ0n) is 10.4. The lowest BCUT2D eigenvalue weighted by atomic mass is 10.1. The molecule has 0 heterocycles. The van der Waals surface area contributed by atoms with Crippen molar-refractivity contribution in [2.45, 2.75) is 6.54 Å². The van der Waals surface area contributed by atoms with Gasteiger partial charge in [-0.15, -0.1) is 0 Å². The second kappa shape index (κ2) is 5.79. The molecule has 6 heteroatoms. The Morgan fingerprint density at radius 2 is 2.05 bits per heavy atom. The van der Waals surface area contributed by atoms with Crippen molar-refractivity contribution in [3.8, 4) is 0 Å². The summed E-state index contributed by atoms with van der Waals surface area (Å²) in [4.78, 5) is 11.0. The fourth-order valence-electron chi connectivity index (χ4n) is 1.74. The average Bonchev–Trinajstić information content (AvgIpc) is 2.39. The molecule has 0 unspecified atom stereocenters. The van der Waals surface area contributed by atoms with Crippen LogP contribution in [0.2, 0.25) is 5.02 Å². The molecule has 0 aliphatic heterocycles. The van der Waals surface area contributed by atoms with Crippen LogP contribution in [0.4, 0.5) is 15.8 Å². The topological polar surface area (TPSA) is 75.3 Å². The molecule has 0 amide bonds. The first-order valence-electron chi connectivity index (χ1n) is 5.78. The van der Waals surface area contributed by atoms with E-state index in [1.165, 1.54) is 6.07 Å². The molecular formula is C14H12ClFN2O2. The Bertz CT molecular complexity index is 662. The molecule has 0 aliphatic carbocycles. The molecule has 0 atom stereocenters. The molecule has 0 aliphatic rings. The van der Waals surface area contributed by atoms with Gasteiger partial charge in [0.15, 0.2) is 0 Å². The normalized spacial score (nSPS) is 10.3. The lowest BCUT2D eigenvalue weighted by molar-refractivity contribution is 0.0698. The second-order valence-corrected chi connectivity index (χ2v) is 4.58. The molecule has 0 spiro atoms. The van der Waals surface area contributed by atoms with Gasteiger partial charge in [0, 0.05) is 17.3 Å². The maximum atomic E-state index is 13.7. The number of benzene rings is 2. The number of carbonyl (C=O) groups is 1. The summed E-state index contributed by atoms with van der Waals surface area (Å²) in [6.45, 7) is 0.277. The van der Waals surface area contributed by atoms with E-state index in [-0.39, 0.29) is 23.5 Å². The predicted octanol–water partition coefficient (Wildman–Crippen LogP) is 3.37. The van der Waals surface area contributed by atoms with Gasteiger partial charge >= 0.3 is 5.97 Å². The molecule has 0 fully saturated rings. The van der Waals surface area contributed by atoms with Gasteiger partial charge in [0.2, 0.25) is 0 Å². The number of nitrogens with one attached hydrogen (secondary N) is 1. The van der Waals surface area contributed by atoms with Crippen molar-refractivity contribution < 1.29 is 14.3 Å². The van der Waals surface area contributed by atoms with Crippen molar-refractivity contribution in [2.24, 2.45) is 0 Å². The first-order chi connectivity index (χ1) is 9.49. The minimum absolute atomic E-state index is 0.0662. The first-order valence-corrected chi connectivity index (χ1v) is 6.16. The number of halogens is 2. The lowest BCUT2D eigenvalue weighted by Crippen LogP contribution is -2.07. The molecule has 0 saturated heterocycles. The van der Waals surface area contributed by atoms with E-state index in [2.05, 4.69) is 5.32 Å². The minimum Gasteiger partial charge on any atom is -0.478 e. The molecule has 0 bridgehead atoms. The second-order valence-electron chi connectivity index (χ2n) is 4.17. The maximum Gasteiger partial charge on any atom is 0.337 e. The van der Waals surface area contributed by atoms with Crippen LogP contribution >= 0.6 is 11.6 Å². The highest BCUT2D eigenvalue weighted by molar-refractivity contribution is 6.31. The van der Waals surface area contributed by atoms with Crippen molar-refractivity contribution in [1.29, 1.82) is 0 Å². The monoisotopic (exact) mass is 294 g/mol. The van der Waals surface area contributed by atoms with E-state index in [9.17, 15) is 9.18 Å². The number of carboxylic acid groups (broad SMARTS) is 1. The predicted molar refractivity (Wildman–Crippen MR) is 76.6 cm³/mol. The molecule has 20 heavy (non-hydrogen) atoms. The van der Waals surface area contributed by atoms with Crippen molar-refractivity contribution in [3.05, 3.63) is 58.4 Å². The standard InChI is InChI=1S/C14H12ClFN2O2/c15-10-4-2-1-3-8(10)7-18-13-5-9(14(19)20)12(17)6-11(13)16/h1-6,18H,7,17H2,(H,19,20). The van der Waals surface area contributed by atoms with Crippen LogP contribution in [0.1, 0.15) is 15.9 Å². The number of rotatable bonds is 4. The summed E-state index contributed by atoms with van der Waals surface area (Å²) in [5, 5.41) is 12.3. The Labute approximate surface area is 120 Å². The Morgan fingerprint density at radius 3 is 2.70 bits per heavy atom. The van der Waals surface area contributed by atoms with E-state index in [0.29, 0.717) is 5.02 Å². The first kappa shape index (κ1) is 14.1. The van der Waals surface area contributed by atoms with Gasteiger partial charge < -0.3 is 16.2 Å². The third-order valence-corrected chi connectivity index (χ3v) is 3.17. The van der Waals surface area contributed by atoms with Gasteiger partial charge in [0.25, 0.3) is 0 Å².